The molecule has 2 aromatic rings. The molecule has 20 heavy (non-hydrogen) atoms. The highest BCUT2D eigenvalue weighted by Crippen LogP contribution is 2.24. The molecule has 1 atom stereocenters. The maximum Gasteiger partial charge on any atom is 0.322 e. The number of hydrogen-bond donors (Lipinski definition) is 1. The van der Waals surface area contributed by atoms with Crippen molar-refractivity contribution in [2.24, 2.45) is 5.73 Å². The Balaban J connectivity index is 2.33. The van der Waals surface area contributed by atoms with Crippen LogP contribution in [0.4, 0.5) is 0 Å². The van der Waals surface area contributed by atoms with Crippen LogP contribution in [0.1, 0.15) is 11.3 Å². The molecule has 5 nitrogen and oxygen atoms in total. The monoisotopic (exact) mass is 293 g/mol. The third-order valence-electron chi connectivity index (χ3n) is 3.05. The van der Waals surface area contributed by atoms with Gasteiger partial charge in [0.15, 0.2) is 0 Å². The summed E-state index contributed by atoms with van der Waals surface area (Å²) in [5.74, 6) is -0.465. The predicted molar refractivity (Wildman–Crippen MR) is 77.0 cm³/mol. The van der Waals surface area contributed by atoms with Gasteiger partial charge in [0.1, 0.15) is 11.2 Å². The summed E-state index contributed by atoms with van der Waals surface area (Å²) in [5.41, 5.74) is 8.14. The highest BCUT2D eigenvalue weighted by molar-refractivity contribution is 6.30. The van der Waals surface area contributed by atoms with E-state index in [2.05, 4.69) is 9.84 Å². The first-order valence-corrected chi connectivity index (χ1v) is 6.55. The Morgan fingerprint density at radius 2 is 2.10 bits per heavy atom. The third-order valence-corrected chi connectivity index (χ3v) is 3.44. The Labute approximate surface area is 122 Å². The van der Waals surface area contributed by atoms with Crippen LogP contribution in [0.15, 0.2) is 30.3 Å². The lowest BCUT2D eigenvalue weighted by atomic mass is 10.1. The summed E-state index contributed by atoms with van der Waals surface area (Å²) in [7, 11) is 1.31. The Morgan fingerprint density at radius 1 is 1.45 bits per heavy atom. The summed E-state index contributed by atoms with van der Waals surface area (Å²) in [5, 5.41) is 4.86. The van der Waals surface area contributed by atoms with Crippen molar-refractivity contribution in [1.82, 2.24) is 9.78 Å². The number of rotatable bonds is 4. The molecule has 2 rings (SSSR count). The van der Waals surface area contributed by atoms with E-state index >= 15 is 0 Å². The molecule has 0 amide bonds. The molecule has 0 aliphatic carbocycles. The molecular weight excluding hydrogens is 278 g/mol. The molecular formula is C14H16ClN3O2. The van der Waals surface area contributed by atoms with Gasteiger partial charge < -0.3 is 10.5 Å². The van der Waals surface area contributed by atoms with Gasteiger partial charge in [-0.15, -0.1) is 0 Å². The number of halogens is 1. The van der Waals surface area contributed by atoms with Crippen LogP contribution < -0.4 is 5.73 Å². The summed E-state index contributed by atoms with van der Waals surface area (Å²) in [6.07, 6.45) is 0.296. The van der Waals surface area contributed by atoms with Crippen LogP contribution in [0.3, 0.4) is 0 Å². The number of methoxy groups -OCH3 is 1. The number of nitrogens with zero attached hydrogens (tertiary/aromatic N) is 2. The van der Waals surface area contributed by atoms with Crippen LogP contribution >= 0.6 is 11.6 Å². The first-order chi connectivity index (χ1) is 9.54. The lowest BCUT2D eigenvalue weighted by Crippen LogP contribution is -2.33. The van der Waals surface area contributed by atoms with Gasteiger partial charge in [-0.2, -0.15) is 5.10 Å². The molecule has 2 N–H and O–H groups in total. The fraction of sp³-hybridized carbons (Fsp3) is 0.286. The molecule has 0 saturated heterocycles. The average molecular weight is 294 g/mol. The maximum atomic E-state index is 11.4. The number of nitrogens with two attached hydrogens (primary N) is 1. The van der Waals surface area contributed by atoms with E-state index in [-0.39, 0.29) is 0 Å². The summed E-state index contributed by atoms with van der Waals surface area (Å²) < 4.78 is 6.26. The van der Waals surface area contributed by atoms with Crippen LogP contribution in [-0.4, -0.2) is 28.9 Å². The van der Waals surface area contributed by atoms with E-state index in [1.54, 1.807) is 4.68 Å². The normalized spacial score (nSPS) is 12.2. The van der Waals surface area contributed by atoms with Crippen molar-refractivity contribution in [3.05, 3.63) is 46.7 Å². The summed E-state index contributed by atoms with van der Waals surface area (Å²) in [6.45, 7) is 1.84. The van der Waals surface area contributed by atoms with Gasteiger partial charge in [-0.25, -0.2) is 4.68 Å². The molecule has 0 saturated carbocycles. The summed E-state index contributed by atoms with van der Waals surface area (Å²) >= 11 is 6.35. The molecule has 0 aliphatic rings. The molecule has 1 aromatic heterocycles. The highest BCUT2D eigenvalue weighted by Gasteiger charge is 2.21. The van der Waals surface area contributed by atoms with Crippen molar-refractivity contribution in [3.63, 3.8) is 0 Å². The van der Waals surface area contributed by atoms with Gasteiger partial charge in [0.05, 0.1) is 18.5 Å². The molecule has 0 fully saturated rings. The number of benzene rings is 1. The lowest BCUT2D eigenvalue weighted by molar-refractivity contribution is -0.142. The van der Waals surface area contributed by atoms with Gasteiger partial charge in [-0.05, 0) is 19.1 Å². The maximum absolute atomic E-state index is 11.4. The zero-order chi connectivity index (χ0) is 14.7. The second-order valence-corrected chi connectivity index (χ2v) is 4.79. The van der Waals surface area contributed by atoms with Crippen molar-refractivity contribution in [2.75, 3.05) is 7.11 Å². The second-order valence-electron chi connectivity index (χ2n) is 4.44. The first-order valence-electron chi connectivity index (χ1n) is 6.17. The number of aryl methyl sites for hydroxylation is 1. The fourth-order valence-corrected chi connectivity index (χ4v) is 2.31. The van der Waals surface area contributed by atoms with E-state index in [0.717, 1.165) is 16.9 Å². The molecule has 6 heteroatoms. The molecule has 1 unspecified atom stereocenters. The van der Waals surface area contributed by atoms with E-state index in [1.165, 1.54) is 7.11 Å². The van der Waals surface area contributed by atoms with Crippen molar-refractivity contribution in [3.8, 4) is 5.69 Å². The number of esters is 1. The molecule has 1 aromatic carbocycles. The molecule has 0 spiro atoms. The molecule has 1 heterocycles. The van der Waals surface area contributed by atoms with Crippen LogP contribution in [0, 0.1) is 6.92 Å². The molecule has 0 radical (unpaired) electrons. The average Bonchev–Trinajstić information content (AvgIpc) is 2.75. The Kier molecular flexibility index (Phi) is 4.42. The molecule has 0 aliphatic heterocycles. The minimum absolute atomic E-state index is 0.296. The Bertz CT molecular complexity index is 610. The fourth-order valence-electron chi connectivity index (χ4n) is 1.96. The number of carbonyl (C=O) groups is 1. The third kappa shape index (κ3) is 2.84. The molecule has 0 bridgehead atoms. The van der Waals surface area contributed by atoms with Crippen LogP contribution in [0.2, 0.25) is 5.15 Å². The van der Waals surface area contributed by atoms with Gasteiger partial charge in [0, 0.05) is 12.0 Å². The zero-order valence-corrected chi connectivity index (χ0v) is 12.1. The number of aromatic nitrogens is 2. The standard InChI is InChI=1S/C14H16ClN3O2/c1-9-11(8-12(16)14(19)20-2)13(15)18(17-9)10-6-4-3-5-7-10/h3-7,12H,8,16H2,1-2H3. The van der Waals surface area contributed by atoms with Gasteiger partial charge in [0.25, 0.3) is 0 Å². The minimum atomic E-state index is -0.746. The SMILES string of the molecule is COC(=O)C(N)Cc1c(C)nn(-c2ccccc2)c1Cl. The smallest absolute Gasteiger partial charge is 0.322 e. The van der Waals surface area contributed by atoms with Gasteiger partial charge in [-0.3, -0.25) is 4.79 Å². The number of para-hydroxylation sites is 1. The zero-order valence-electron chi connectivity index (χ0n) is 11.3. The Hall–Kier alpha value is -1.85. The van der Waals surface area contributed by atoms with Crippen LogP contribution in [-0.2, 0) is 16.0 Å². The summed E-state index contributed by atoms with van der Waals surface area (Å²) in [4.78, 5) is 11.4. The minimum Gasteiger partial charge on any atom is -0.468 e. The number of hydrogen-bond acceptors (Lipinski definition) is 4. The largest absolute Gasteiger partial charge is 0.468 e. The number of carbonyl (C=O) groups excluding carboxylic acids is 1. The van der Waals surface area contributed by atoms with Gasteiger partial charge >= 0.3 is 5.97 Å². The first kappa shape index (κ1) is 14.6. The lowest BCUT2D eigenvalue weighted by Gasteiger charge is -2.09. The van der Waals surface area contributed by atoms with Gasteiger partial charge in [0.2, 0.25) is 0 Å². The van der Waals surface area contributed by atoms with E-state index in [1.807, 2.05) is 37.3 Å². The van der Waals surface area contributed by atoms with E-state index in [9.17, 15) is 4.79 Å². The van der Waals surface area contributed by atoms with Crippen LogP contribution in [0.25, 0.3) is 5.69 Å². The van der Waals surface area contributed by atoms with Crippen molar-refractivity contribution in [2.45, 2.75) is 19.4 Å². The van der Waals surface area contributed by atoms with Gasteiger partial charge in [-0.1, -0.05) is 29.8 Å². The van der Waals surface area contributed by atoms with Crippen molar-refractivity contribution >= 4 is 17.6 Å². The highest BCUT2D eigenvalue weighted by atomic mass is 35.5. The number of ether oxygens (including phenoxy) is 1. The summed E-state index contributed by atoms with van der Waals surface area (Å²) in [6, 6.07) is 8.79. The van der Waals surface area contributed by atoms with Crippen molar-refractivity contribution in [1.29, 1.82) is 0 Å². The van der Waals surface area contributed by atoms with Crippen LogP contribution in [0.5, 0.6) is 0 Å². The Morgan fingerprint density at radius 3 is 2.70 bits per heavy atom. The van der Waals surface area contributed by atoms with E-state index in [4.69, 9.17) is 17.3 Å². The van der Waals surface area contributed by atoms with E-state index in [0.29, 0.717) is 11.6 Å². The second kappa shape index (κ2) is 6.07. The van der Waals surface area contributed by atoms with Crippen molar-refractivity contribution < 1.29 is 9.53 Å². The predicted octanol–water partition coefficient (Wildman–Crippen LogP) is 1.88. The topological polar surface area (TPSA) is 70.1 Å². The quantitative estimate of drug-likeness (QED) is 0.874. The van der Waals surface area contributed by atoms with E-state index < -0.39 is 12.0 Å². The molecule has 106 valence electrons.